The highest BCUT2D eigenvalue weighted by Crippen LogP contribution is 2.35. The first-order chi connectivity index (χ1) is 15.2. The molecule has 1 heterocycles. The van der Waals surface area contributed by atoms with E-state index in [1.165, 1.54) is 19.2 Å². The zero-order chi connectivity index (χ0) is 23.4. The van der Waals surface area contributed by atoms with Crippen LogP contribution in [-0.2, 0) is 4.74 Å². The molecule has 164 valence electrons. The number of hydrogen-bond acceptors (Lipinski definition) is 7. The van der Waals surface area contributed by atoms with Crippen molar-refractivity contribution in [3.63, 3.8) is 0 Å². The molecule has 0 aliphatic rings. The Morgan fingerprint density at radius 2 is 1.69 bits per heavy atom. The van der Waals surface area contributed by atoms with Gasteiger partial charge < -0.3 is 15.4 Å². The molecule has 1 aromatic heterocycles. The highest BCUT2D eigenvalue weighted by molar-refractivity contribution is 7.19. The largest absolute Gasteiger partial charge is 0.465 e. The van der Waals surface area contributed by atoms with E-state index in [1.807, 2.05) is 6.07 Å². The number of para-hydroxylation sites is 1. The van der Waals surface area contributed by atoms with Crippen molar-refractivity contribution in [3.8, 4) is 0 Å². The maximum atomic E-state index is 12.8. The van der Waals surface area contributed by atoms with Gasteiger partial charge in [-0.25, -0.2) is 4.79 Å². The number of nitrogens with zero attached hydrogens (tertiary/aromatic N) is 1. The number of carbonyl (C=O) groups excluding carboxylic acids is 3. The predicted octanol–water partition coefficient (Wildman–Crippen LogP) is 4.56. The van der Waals surface area contributed by atoms with Crippen LogP contribution in [0.2, 0.25) is 0 Å². The molecular formula is C22H19N3O6S. The molecule has 0 bridgehead atoms. The van der Waals surface area contributed by atoms with Crippen molar-refractivity contribution in [2.75, 3.05) is 17.7 Å². The summed E-state index contributed by atoms with van der Waals surface area (Å²) in [4.78, 5) is 48.7. The predicted molar refractivity (Wildman–Crippen MR) is 121 cm³/mol. The van der Waals surface area contributed by atoms with Crippen LogP contribution in [0, 0.1) is 24.0 Å². The Morgan fingerprint density at radius 3 is 2.31 bits per heavy atom. The summed E-state index contributed by atoms with van der Waals surface area (Å²) < 4.78 is 4.82. The van der Waals surface area contributed by atoms with Gasteiger partial charge in [0.2, 0.25) is 0 Å². The van der Waals surface area contributed by atoms with Gasteiger partial charge in [-0.1, -0.05) is 24.3 Å². The molecule has 0 atom stereocenters. The van der Waals surface area contributed by atoms with Crippen molar-refractivity contribution in [3.05, 3.63) is 85.8 Å². The summed E-state index contributed by atoms with van der Waals surface area (Å²) in [7, 11) is 1.19. The molecule has 3 aromatic rings. The summed E-state index contributed by atoms with van der Waals surface area (Å²) in [6.07, 6.45) is 0. The van der Waals surface area contributed by atoms with Crippen LogP contribution in [-0.4, -0.2) is 29.8 Å². The van der Waals surface area contributed by atoms with Crippen LogP contribution in [0.5, 0.6) is 0 Å². The molecule has 0 unspecified atom stereocenters. The monoisotopic (exact) mass is 453 g/mol. The Balaban J connectivity index is 1.95. The highest BCUT2D eigenvalue weighted by Gasteiger charge is 2.27. The average Bonchev–Trinajstić information content (AvgIpc) is 3.09. The summed E-state index contributed by atoms with van der Waals surface area (Å²) in [6.45, 7) is 3.14. The lowest BCUT2D eigenvalue weighted by atomic mass is 10.1. The van der Waals surface area contributed by atoms with Crippen LogP contribution in [0.25, 0.3) is 0 Å². The molecule has 0 saturated carbocycles. The van der Waals surface area contributed by atoms with Crippen molar-refractivity contribution < 1.29 is 24.0 Å². The molecule has 0 saturated heterocycles. The van der Waals surface area contributed by atoms with Gasteiger partial charge in [0, 0.05) is 22.9 Å². The van der Waals surface area contributed by atoms with Gasteiger partial charge in [-0.05, 0) is 37.6 Å². The fourth-order valence-corrected chi connectivity index (χ4v) is 4.08. The van der Waals surface area contributed by atoms with Crippen molar-refractivity contribution in [2.45, 2.75) is 13.8 Å². The van der Waals surface area contributed by atoms with E-state index in [2.05, 4.69) is 10.6 Å². The molecule has 2 aromatic carbocycles. The summed E-state index contributed by atoms with van der Waals surface area (Å²) in [5.41, 5.74) is 1.22. The van der Waals surface area contributed by atoms with Gasteiger partial charge in [0.1, 0.15) is 5.00 Å². The number of amides is 2. The molecule has 2 amide bonds. The van der Waals surface area contributed by atoms with Gasteiger partial charge in [-0.2, -0.15) is 0 Å². The minimum absolute atomic E-state index is 0.0412. The number of methoxy groups -OCH3 is 1. The van der Waals surface area contributed by atoms with Gasteiger partial charge in [0.05, 0.1) is 22.5 Å². The van der Waals surface area contributed by atoms with Gasteiger partial charge in [0.15, 0.2) is 0 Å². The Morgan fingerprint density at radius 1 is 1.00 bits per heavy atom. The molecule has 0 fully saturated rings. The third-order valence-electron chi connectivity index (χ3n) is 4.67. The number of rotatable bonds is 6. The van der Waals surface area contributed by atoms with E-state index in [0.717, 1.165) is 17.4 Å². The second-order valence-corrected chi connectivity index (χ2v) is 7.81. The summed E-state index contributed by atoms with van der Waals surface area (Å²) >= 11 is 0.915. The molecule has 0 aliphatic heterocycles. The lowest BCUT2D eigenvalue weighted by molar-refractivity contribution is -0.385. The van der Waals surface area contributed by atoms with E-state index in [0.29, 0.717) is 16.8 Å². The van der Waals surface area contributed by atoms with E-state index in [1.54, 1.807) is 38.1 Å². The Kier molecular flexibility index (Phi) is 6.64. The number of thiophene rings is 1. The topological polar surface area (TPSA) is 128 Å². The molecule has 9 nitrogen and oxygen atoms in total. The summed E-state index contributed by atoms with van der Waals surface area (Å²) in [5, 5.41) is 16.6. The van der Waals surface area contributed by atoms with Crippen LogP contribution in [0.1, 0.15) is 41.5 Å². The first-order valence-electron chi connectivity index (χ1n) is 9.37. The second kappa shape index (κ2) is 9.40. The number of esters is 1. The SMILES string of the molecule is COC(=O)c1c(NC(=O)c2ccc(C)c([N+](=O)[O-])c2)sc(C(=O)Nc2ccccc2)c1C. The van der Waals surface area contributed by atoms with Crippen molar-refractivity contribution in [1.29, 1.82) is 0 Å². The van der Waals surface area contributed by atoms with Crippen molar-refractivity contribution >= 4 is 45.5 Å². The number of benzene rings is 2. The molecule has 0 spiro atoms. The smallest absolute Gasteiger partial charge is 0.341 e. The standard InChI is InChI=1S/C22H19N3O6S/c1-12-9-10-14(11-16(12)25(29)30)19(26)24-21-17(22(28)31-3)13(2)18(32-21)20(27)23-15-7-5-4-6-8-15/h4-11H,1-3H3,(H,23,27)(H,24,26). The third kappa shape index (κ3) is 4.65. The average molecular weight is 453 g/mol. The summed E-state index contributed by atoms with van der Waals surface area (Å²) in [6, 6.07) is 12.8. The maximum Gasteiger partial charge on any atom is 0.341 e. The quantitative estimate of drug-likeness (QED) is 0.320. The van der Waals surface area contributed by atoms with Crippen LogP contribution < -0.4 is 10.6 Å². The van der Waals surface area contributed by atoms with Crippen LogP contribution >= 0.6 is 11.3 Å². The molecule has 2 N–H and O–H groups in total. The van der Waals surface area contributed by atoms with Crippen LogP contribution in [0.15, 0.2) is 48.5 Å². The van der Waals surface area contributed by atoms with E-state index >= 15 is 0 Å². The number of anilines is 2. The van der Waals surface area contributed by atoms with E-state index < -0.39 is 22.7 Å². The van der Waals surface area contributed by atoms with Gasteiger partial charge >= 0.3 is 5.97 Å². The number of nitrogens with one attached hydrogen (secondary N) is 2. The second-order valence-electron chi connectivity index (χ2n) is 6.78. The van der Waals surface area contributed by atoms with Gasteiger partial charge in [-0.15, -0.1) is 11.3 Å². The van der Waals surface area contributed by atoms with Gasteiger partial charge in [-0.3, -0.25) is 19.7 Å². The molecule has 0 aliphatic carbocycles. The Bertz CT molecular complexity index is 1220. The molecule has 0 radical (unpaired) electrons. The first-order valence-corrected chi connectivity index (χ1v) is 10.2. The normalized spacial score (nSPS) is 10.3. The first kappa shape index (κ1) is 22.6. The number of nitro benzene ring substituents is 1. The third-order valence-corrected chi connectivity index (χ3v) is 5.88. The molecular weight excluding hydrogens is 434 g/mol. The van der Waals surface area contributed by atoms with E-state index in [9.17, 15) is 24.5 Å². The van der Waals surface area contributed by atoms with Crippen LogP contribution in [0.3, 0.4) is 0 Å². The number of ether oxygens (including phenoxy) is 1. The lowest BCUT2D eigenvalue weighted by Gasteiger charge is -2.07. The molecule has 32 heavy (non-hydrogen) atoms. The summed E-state index contributed by atoms with van der Waals surface area (Å²) in [5.74, 6) is -1.83. The lowest BCUT2D eigenvalue weighted by Crippen LogP contribution is -2.15. The maximum absolute atomic E-state index is 12.8. The minimum atomic E-state index is -0.720. The molecule has 10 heteroatoms. The highest BCUT2D eigenvalue weighted by atomic mass is 32.1. The fourth-order valence-electron chi connectivity index (χ4n) is 3.00. The van der Waals surface area contributed by atoms with Gasteiger partial charge in [0.25, 0.3) is 17.5 Å². The van der Waals surface area contributed by atoms with Crippen molar-refractivity contribution in [1.82, 2.24) is 0 Å². The minimum Gasteiger partial charge on any atom is -0.465 e. The van der Waals surface area contributed by atoms with Crippen LogP contribution in [0.4, 0.5) is 16.4 Å². The van der Waals surface area contributed by atoms with Crippen molar-refractivity contribution in [2.24, 2.45) is 0 Å². The number of hydrogen-bond donors (Lipinski definition) is 2. The molecule has 3 rings (SSSR count). The Hall–Kier alpha value is -4.05. The zero-order valence-corrected chi connectivity index (χ0v) is 18.2. The van der Waals surface area contributed by atoms with E-state index in [-0.39, 0.29) is 26.7 Å². The zero-order valence-electron chi connectivity index (χ0n) is 17.4. The van der Waals surface area contributed by atoms with E-state index in [4.69, 9.17) is 4.74 Å². The Labute approximate surface area is 187 Å². The number of carbonyl (C=O) groups is 3. The number of aryl methyl sites for hydroxylation is 1. The number of nitro groups is 1. The fraction of sp³-hybridized carbons (Fsp3) is 0.136.